The predicted molar refractivity (Wildman–Crippen MR) is 92.4 cm³/mol. The fourth-order valence-corrected chi connectivity index (χ4v) is 3.06. The van der Waals surface area contributed by atoms with Gasteiger partial charge in [0.25, 0.3) is 0 Å². The Labute approximate surface area is 131 Å². The molecule has 21 heavy (non-hydrogen) atoms. The smallest absolute Gasteiger partial charge is 0.0714 e. The summed E-state index contributed by atoms with van der Waals surface area (Å²) in [7, 11) is 0. The number of aromatic nitrogens is 1. The van der Waals surface area contributed by atoms with Gasteiger partial charge in [-0.25, -0.2) is 0 Å². The minimum absolute atomic E-state index is 1.04. The zero-order valence-corrected chi connectivity index (χ0v) is 12.8. The van der Waals surface area contributed by atoms with Crippen LogP contribution in [0.1, 0.15) is 0 Å². The maximum Gasteiger partial charge on any atom is 0.0714 e. The zero-order valence-electron chi connectivity index (χ0n) is 11.3. The molecule has 2 heteroatoms. The Morgan fingerprint density at radius 1 is 0.762 bits per heavy atom. The fourth-order valence-electron chi connectivity index (χ4n) is 2.80. The van der Waals surface area contributed by atoms with Crippen LogP contribution >= 0.6 is 15.9 Å². The number of hydrogen-bond acceptors (Lipinski definition) is 1. The van der Waals surface area contributed by atoms with Gasteiger partial charge in [0, 0.05) is 16.1 Å². The minimum Gasteiger partial charge on any atom is -0.256 e. The summed E-state index contributed by atoms with van der Waals surface area (Å²) in [5, 5.41) is 3.72. The summed E-state index contributed by atoms with van der Waals surface area (Å²) in [6, 6.07) is 23.2. The lowest BCUT2D eigenvalue weighted by Gasteiger charge is -2.09. The van der Waals surface area contributed by atoms with E-state index in [9.17, 15) is 0 Å². The normalized spacial score (nSPS) is 11.1. The summed E-state index contributed by atoms with van der Waals surface area (Å²) >= 11 is 3.50. The first kappa shape index (κ1) is 12.5. The Kier molecular flexibility index (Phi) is 2.97. The third-order valence-electron chi connectivity index (χ3n) is 3.79. The van der Waals surface area contributed by atoms with Crippen LogP contribution in [0.15, 0.2) is 77.4 Å². The van der Waals surface area contributed by atoms with Crippen molar-refractivity contribution in [3.8, 4) is 11.1 Å². The van der Waals surface area contributed by atoms with E-state index in [4.69, 9.17) is 0 Å². The molecule has 0 spiro atoms. The Bertz CT molecular complexity index is 942. The molecule has 0 fully saturated rings. The van der Waals surface area contributed by atoms with Crippen molar-refractivity contribution < 1.29 is 0 Å². The number of pyridine rings is 1. The second kappa shape index (κ2) is 4.97. The van der Waals surface area contributed by atoms with Gasteiger partial charge in [-0.2, -0.15) is 0 Å². The molecule has 1 aromatic heterocycles. The van der Waals surface area contributed by atoms with Gasteiger partial charge < -0.3 is 0 Å². The van der Waals surface area contributed by atoms with Crippen LogP contribution in [0.3, 0.4) is 0 Å². The van der Waals surface area contributed by atoms with Crippen molar-refractivity contribution in [2.45, 2.75) is 0 Å². The second-order valence-corrected chi connectivity index (χ2v) is 5.96. The highest BCUT2D eigenvalue weighted by molar-refractivity contribution is 9.10. The number of halogens is 1. The van der Waals surface area contributed by atoms with Gasteiger partial charge in [-0.15, -0.1) is 0 Å². The molecule has 3 aromatic carbocycles. The monoisotopic (exact) mass is 333 g/mol. The number of fused-ring (bicyclic) bond motifs is 3. The van der Waals surface area contributed by atoms with Crippen LogP contribution in [0.5, 0.6) is 0 Å². The molecule has 0 radical (unpaired) electrons. The molecule has 0 aliphatic carbocycles. The van der Waals surface area contributed by atoms with E-state index < -0.39 is 0 Å². The number of nitrogens with zero attached hydrogens (tertiary/aromatic N) is 1. The third kappa shape index (κ3) is 2.12. The van der Waals surface area contributed by atoms with Crippen molar-refractivity contribution in [3.63, 3.8) is 0 Å². The van der Waals surface area contributed by atoms with Gasteiger partial charge in [-0.3, -0.25) is 4.98 Å². The molecule has 0 unspecified atom stereocenters. The SMILES string of the molecule is Brc1ccc(-c2ccnc3ccc4ccccc4c23)cc1. The number of hydrogen-bond donors (Lipinski definition) is 0. The summed E-state index contributed by atoms with van der Waals surface area (Å²) in [6.07, 6.45) is 1.88. The first-order chi connectivity index (χ1) is 10.3. The van der Waals surface area contributed by atoms with E-state index in [1.54, 1.807) is 0 Å². The Balaban J connectivity index is 2.13. The number of benzene rings is 3. The molecule has 0 bridgehead atoms. The van der Waals surface area contributed by atoms with E-state index in [-0.39, 0.29) is 0 Å². The van der Waals surface area contributed by atoms with E-state index in [0.717, 1.165) is 9.99 Å². The summed E-state index contributed by atoms with van der Waals surface area (Å²) < 4.78 is 1.09. The van der Waals surface area contributed by atoms with Gasteiger partial charge in [-0.05, 0) is 46.2 Å². The molecule has 1 heterocycles. The maximum atomic E-state index is 4.53. The van der Waals surface area contributed by atoms with Crippen molar-refractivity contribution in [2.24, 2.45) is 0 Å². The van der Waals surface area contributed by atoms with E-state index >= 15 is 0 Å². The van der Waals surface area contributed by atoms with Gasteiger partial charge in [-0.1, -0.05) is 58.4 Å². The molecule has 4 rings (SSSR count). The van der Waals surface area contributed by atoms with Crippen molar-refractivity contribution in [2.75, 3.05) is 0 Å². The molecule has 0 aliphatic heterocycles. The molecular weight excluding hydrogens is 322 g/mol. The Hall–Kier alpha value is -2.19. The Morgan fingerprint density at radius 2 is 1.57 bits per heavy atom. The molecule has 0 N–H and O–H groups in total. The number of rotatable bonds is 1. The molecule has 0 atom stereocenters. The van der Waals surface area contributed by atoms with Crippen molar-refractivity contribution in [3.05, 3.63) is 77.4 Å². The lowest BCUT2D eigenvalue weighted by atomic mass is 9.97. The van der Waals surface area contributed by atoms with Crippen molar-refractivity contribution in [1.29, 1.82) is 0 Å². The molecule has 0 saturated carbocycles. The van der Waals surface area contributed by atoms with E-state index in [1.165, 1.54) is 27.3 Å². The van der Waals surface area contributed by atoms with Crippen LogP contribution in [0.2, 0.25) is 0 Å². The van der Waals surface area contributed by atoms with Crippen molar-refractivity contribution >= 4 is 37.6 Å². The Morgan fingerprint density at radius 3 is 2.43 bits per heavy atom. The fraction of sp³-hybridized carbons (Fsp3) is 0. The van der Waals surface area contributed by atoms with E-state index in [1.807, 2.05) is 6.20 Å². The van der Waals surface area contributed by atoms with Crippen LogP contribution in [-0.4, -0.2) is 4.98 Å². The highest BCUT2D eigenvalue weighted by atomic mass is 79.9. The average Bonchev–Trinajstić information content (AvgIpc) is 2.55. The zero-order chi connectivity index (χ0) is 14.2. The summed E-state index contributed by atoms with van der Waals surface area (Å²) in [5.74, 6) is 0. The molecule has 0 saturated heterocycles. The van der Waals surface area contributed by atoms with Crippen LogP contribution < -0.4 is 0 Å². The lowest BCUT2D eigenvalue weighted by Crippen LogP contribution is -1.86. The summed E-state index contributed by atoms with van der Waals surface area (Å²) in [4.78, 5) is 4.53. The van der Waals surface area contributed by atoms with Crippen LogP contribution in [-0.2, 0) is 0 Å². The topological polar surface area (TPSA) is 12.9 Å². The van der Waals surface area contributed by atoms with Crippen molar-refractivity contribution in [1.82, 2.24) is 4.98 Å². The molecule has 4 aromatic rings. The van der Waals surface area contributed by atoms with Crippen LogP contribution in [0.25, 0.3) is 32.8 Å². The average molecular weight is 334 g/mol. The highest BCUT2D eigenvalue weighted by Crippen LogP contribution is 2.33. The summed E-state index contributed by atoms with van der Waals surface area (Å²) in [6.45, 7) is 0. The minimum atomic E-state index is 1.04. The van der Waals surface area contributed by atoms with Gasteiger partial charge >= 0.3 is 0 Å². The quantitative estimate of drug-likeness (QED) is 0.400. The molecule has 0 aliphatic rings. The van der Waals surface area contributed by atoms with Gasteiger partial charge in [0.1, 0.15) is 0 Å². The molecule has 100 valence electrons. The van der Waals surface area contributed by atoms with E-state index in [2.05, 4.69) is 87.6 Å². The standard InChI is InChI=1S/C19H12BrN/c20-15-8-5-14(6-9-15)17-11-12-21-18-10-7-13-3-1-2-4-16(13)19(17)18/h1-12H. The predicted octanol–water partition coefficient (Wildman–Crippen LogP) is 5.82. The lowest BCUT2D eigenvalue weighted by molar-refractivity contribution is 1.42. The first-order valence-corrected chi connectivity index (χ1v) is 7.65. The maximum absolute atomic E-state index is 4.53. The first-order valence-electron chi connectivity index (χ1n) is 6.85. The molecule has 1 nitrogen and oxygen atoms in total. The molecule has 0 amide bonds. The van der Waals surface area contributed by atoms with Crippen LogP contribution in [0.4, 0.5) is 0 Å². The highest BCUT2D eigenvalue weighted by Gasteiger charge is 2.08. The van der Waals surface area contributed by atoms with E-state index in [0.29, 0.717) is 0 Å². The van der Waals surface area contributed by atoms with Gasteiger partial charge in [0.2, 0.25) is 0 Å². The molecular formula is C19H12BrN. The van der Waals surface area contributed by atoms with Gasteiger partial charge in [0.05, 0.1) is 5.52 Å². The second-order valence-electron chi connectivity index (χ2n) is 5.05. The van der Waals surface area contributed by atoms with Gasteiger partial charge in [0.15, 0.2) is 0 Å². The van der Waals surface area contributed by atoms with Crippen LogP contribution in [0, 0.1) is 0 Å². The largest absolute Gasteiger partial charge is 0.256 e. The third-order valence-corrected chi connectivity index (χ3v) is 4.32. The summed E-state index contributed by atoms with van der Waals surface area (Å²) in [5.41, 5.74) is 3.47.